The smallest absolute Gasteiger partial charge is 0.119 e. The highest BCUT2D eigenvalue weighted by Crippen LogP contribution is 2.16. The Morgan fingerprint density at radius 1 is 0.810 bits per heavy atom. The van der Waals surface area contributed by atoms with Gasteiger partial charge in [0.2, 0.25) is 0 Å². The van der Waals surface area contributed by atoms with Crippen molar-refractivity contribution in [1.82, 2.24) is 0 Å². The van der Waals surface area contributed by atoms with Crippen LogP contribution in [-0.2, 0) is 13.0 Å². The molecule has 2 aromatic carbocycles. The Balaban J connectivity index is 1.78. The number of unbranched alkanes of at least 4 members (excludes halogenated alkanes) is 3. The summed E-state index contributed by atoms with van der Waals surface area (Å²) < 4.78 is 5.77. The predicted molar refractivity (Wildman–Crippen MR) is 92.3 cm³/mol. The Bertz CT molecular complexity index is 516. The van der Waals surface area contributed by atoms with Gasteiger partial charge in [0.05, 0.1) is 0 Å². The van der Waals surface area contributed by atoms with Crippen LogP contribution in [0.1, 0.15) is 43.7 Å². The van der Waals surface area contributed by atoms with Gasteiger partial charge in [0, 0.05) is 4.90 Å². The molecule has 0 radical (unpaired) electrons. The number of thiol groups is 1. The van der Waals surface area contributed by atoms with Gasteiger partial charge in [-0.2, -0.15) is 0 Å². The van der Waals surface area contributed by atoms with E-state index in [1.165, 1.54) is 43.2 Å². The van der Waals surface area contributed by atoms with Gasteiger partial charge in [-0.15, -0.1) is 12.6 Å². The molecule has 2 heteroatoms. The van der Waals surface area contributed by atoms with Crippen molar-refractivity contribution in [1.29, 1.82) is 0 Å². The third-order valence-electron chi connectivity index (χ3n) is 3.58. The number of ether oxygens (including phenoxy) is 1. The average molecular weight is 300 g/mol. The van der Waals surface area contributed by atoms with Gasteiger partial charge in [-0.3, -0.25) is 0 Å². The van der Waals surface area contributed by atoms with E-state index in [0.29, 0.717) is 6.61 Å². The monoisotopic (exact) mass is 300 g/mol. The minimum absolute atomic E-state index is 0.613. The van der Waals surface area contributed by atoms with E-state index in [1.807, 2.05) is 24.3 Å². The first-order valence-corrected chi connectivity index (χ1v) is 8.22. The first kappa shape index (κ1) is 16.0. The third kappa shape index (κ3) is 5.84. The molecule has 0 unspecified atom stereocenters. The third-order valence-corrected chi connectivity index (χ3v) is 3.88. The number of hydrogen-bond acceptors (Lipinski definition) is 2. The summed E-state index contributed by atoms with van der Waals surface area (Å²) in [5, 5.41) is 0. The van der Waals surface area contributed by atoms with Crippen LogP contribution in [0.15, 0.2) is 53.4 Å². The van der Waals surface area contributed by atoms with Crippen molar-refractivity contribution in [2.45, 2.75) is 50.5 Å². The van der Waals surface area contributed by atoms with E-state index < -0.39 is 0 Å². The largest absolute Gasteiger partial charge is 0.489 e. The molecule has 0 atom stereocenters. The van der Waals surface area contributed by atoms with Crippen molar-refractivity contribution in [2.75, 3.05) is 0 Å². The number of aryl methyl sites for hydroxylation is 1. The Morgan fingerprint density at radius 2 is 1.48 bits per heavy atom. The molecular weight excluding hydrogens is 276 g/mol. The normalized spacial score (nSPS) is 10.6. The molecule has 0 heterocycles. The summed E-state index contributed by atoms with van der Waals surface area (Å²) in [5.41, 5.74) is 2.64. The van der Waals surface area contributed by atoms with Crippen molar-refractivity contribution in [3.63, 3.8) is 0 Å². The van der Waals surface area contributed by atoms with Crippen molar-refractivity contribution < 1.29 is 4.74 Å². The van der Waals surface area contributed by atoms with Gasteiger partial charge < -0.3 is 4.74 Å². The molecule has 21 heavy (non-hydrogen) atoms. The molecule has 1 nitrogen and oxygen atoms in total. The summed E-state index contributed by atoms with van der Waals surface area (Å²) in [6.45, 7) is 2.86. The topological polar surface area (TPSA) is 9.23 Å². The molecule has 0 amide bonds. The molecule has 0 saturated carbocycles. The highest BCUT2D eigenvalue weighted by molar-refractivity contribution is 7.80. The lowest BCUT2D eigenvalue weighted by Gasteiger charge is -2.07. The van der Waals surface area contributed by atoms with E-state index in [0.717, 1.165) is 10.6 Å². The highest BCUT2D eigenvalue weighted by atomic mass is 32.1. The van der Waals surface area contributed by atoms with Crippen LogP contribution in [0.25, 0.3) is 0 Å². The van der Waals surface area contributed by atoms with Crippen LogP contribution in [0.3, 0.4) is 0 Å². The molecule has 112 valence electrons. The Morgan fingerprint density at radius 3 is 2.14 bits per heavy atom. The zero-order valence-electron chi connectivity index (χ0n) is 12.7. The maximum absolute atomic E-state index is 5.77. The molecular formula is C19H24OS. The SMILES string of the molecule is CCCCCCc1ccc(COc2ccc(S)cc2)cc1. The van der Waals surface area contributed by atoms with Crippen molar-refractivity contribution in [2.24, 2.45) is 0 Å². The number of rotatable bonds is 8. The summed E-state index contributed by atoms with van der Waals surface area (Å²) in [6, 6.07) is 16.6. The molecule has 0 fully saturated rings. The summed E-state index contributed by atoms with van der Waals surface area (Å²) >= 11 is 4.27. The molecule has 0 saturated heterocycles. The van der Waals surface area contributed by atoms with Crippen LogP contribution < -0.4 is 4.74 Å². The highest BCUT2D eigenvalue weighted by Gasteiger charge is 1.98. The number of hydrogen-bond donors (Lipinski definition) is 1. The van der Waals surface area contributed by atoms with Crippen LogP contribution >= 0.6 is 12.6 Å². The fourth-order valence-corrected chi connectivity index (χ4v) is 2.42. The van der Waals surface area contributed by atoms with Crippen molar-refractivity contribution >= 4 is 12.6 Å². The Kier molecular flexibility index (Phi) is 6.68. The standard InChI is InChI=1S/C19H24OS/c1-2-3-4-5-6-16-7-9-17(10-8-16)15-20-18-11-13-19(21)14-12-18/h7-14,21H,2-6,15H2,1H3. The zero-order valence-corrected chi connectivity index (χ0v) is 13.6. The molecule has 0 N–H and O–H groups in total. The average Bonchev–Trinajstić information content (AvgIpc) is 2.52. The van der Waals surface area contributed by atoms with E-state index >= 15 is 0 Å². The summed E-state index contributed by atoms with van der Waals surface area (Å²) in [5.74, 6) is 0.886. The van der Waals surface area contributed by atoms with Gasteiger partial charge in [-0.05, 0) is 48.2 Å². The Hall–Kier alpha value is -1.41. The predicted octanol–water partition coefficient (Wildman–Crippen LogP) is 5.68. The van der Waals surface area contributed by atoms with Gasteiger partial charge in [0.1, 0.15) is 12.4 Å². The summed E-state index contributed by atoms with van der Waals surface area (Å²) in [7, 11) is 0. The van der Waals surface area contributed by atoms with Gasteiger partial charge in [-0.25, -0.2) is 0 Å². The van der Waals surface area contributed by atoms with Gasteiger partial charge in [0.15, 0.2) is 0 Å². The first-order valence-electron chi connectivity index (χ1n) is 7.77. The minimum Gasteiger partial charge on any atom is -0.489 e. The summed E-state index contributed by atoms with van der Waals surface area (Å²) in [6.07, 6.45) is 6.45. The quantitative estimate of drug-likeness (QED) is 0.487. The van der Waals surface area contributed by atoms with Crippen LogP contribution in [0.5, 0.6) is 5.75 Å². The van der Waals surface area contributed by atoms with E-state index in [-0.39, 0.29) is 0 Å². The molecule has 2 rings (SSSR count). The van der Waals surface area contributed by atoms with Crippen LogP contribution in [0.2, 0.25) is 0 Å². The lowest BCUT2D eigenvalue weighted by atomic mass is 10.0. The number of benzene rings is 2. The van der Waals surface area contributed by atoms with E-state index in [9.17, 15) is 0 Å². The maximum atomic E-state index is 5.77. The fourth-order valence-electron chi connectivity index (χ4n) is 2.27. The van der Waals surface area contributed by atoms with Gasteiger partial charge in [0.25, 0.3) is 0 Å². The van der Waals surface area contributed by atoms with Crippen molar-refractivity contribution in [3.8, 4) is 5.75 Å². The van der Waals surface area contributed by atoms with Gasteiger partial charge >= 0.3 is 0 Å². The molecule has 0 spiro atoms. The fraction of sp³-hybridized carbons (Fsp3) is 0.368. The zero-order chi connectivity index (χ0) is 14.9. The molecule has 0 bridgehead atoms. The second kappa shape index (κ2) is 8.78. The summed E-state index contributed by atoms with van der Waals surface area (Å²) in [4.78, 5) is 0.953. The maximum Gasteiger partial charge on any atom is 0.119 e. The van der Waals surface area contributed by atoms with E-state index in [1.54, 1.807) is 0 Å². The lowest BCUT2D eigenvalue weighted by molar-refractivity contribution is 0.306. The van der Waals surface area contributed by atoms with Crippen LogP contribution in [0, 0.1) is 0 Å². The van der Waals surface area contributed by atoms with Gasteiger partial charge in [-0.1, -0.05) is 50.5 Å². The van der Waals surface area contributed by atoms with Crippen LogP contribution in [-0.4, -0.2) is 0 Å². The molecule has 0 aromatic heterocycles. The van der Waals surface area contributed by atoms with E-state index in [4.69, 9.17) is 4.74 Å². The Labute approximate surface area is 133 Å². The second-order valence-electron chi connectivity index (χ2n) is 5.41. The first-order chi connectivity index (χ1) is 10.3. The van der Waals surface area contributed by atoms with Crippen molar-refractivity contribution in [3.05, 3.63) is 59.7 Å². The molecule has 0 aliphatic rings. The molecule has 2 aromatic rings. The molecule has 0 aliphatic heterocycles. The van der Waals surface area contributed by atoms with Crippen LogP contribution in [0.4, 0.5) is 0 Å². The second-order valence-corrected chi connectivity index (χ2v) is 5.93. The van der Waals surface area contributed by atoms with E-state index in [2.05, 4.69) is 43.8 Å². The minimum atomic E-state index is 0.613. The lowest BCUT2D eigenvalue weighted by Crippen LogP contribution is -1.95. The molecule has 0 aliphatic carbocycles.